The van der Waals surface area contributed by atoms with Gasteiger partial charge in [0.15, 0.2) is 0 Å². The molecular weight excluding hydrogens is 288 g/mol. The van der Waals surface area contributed by atoms with Gasteiger partial charge >= 0.3 is 0 Å². The summed E-state index contributed by atoms with van der Waals surface area (Å²) in [5.41, 5.74) is 0.971. The van der Waals surface area contributed by atoms with Gasteiger partial charge in [-0.1, -0.05) is 18.2 Å². The van der Waals surface area contributed by atoms with Gasteiger partial charge < -0.3 is 5.32 Å². The summed E-state index contributed by atoms with van der Waals surface area (Å²) in [5, 5.41) is 2.52. The smallest absolute Gasteiger partial charge is 0.264 e. The summed E-state index contributed by atoms with van der Waals surface area (Å²) in [6.07, 6.45) is 0. The highest BCUT2D eigenvalue weighted by Crippen LogP contribution is 2.22. The molecule has 0 saturated carbocycles. The maximum absolute atomic E-state index is 12.5. The highest BCUT2D eigenvalue weighted by molar-refractivity contribution is 7.92. The number of carbonyl (C=O) groups excluding carboxylic acids is 1. The molecule has 5 nitrogen and oxygen atoms in total. The van der Waals surface area contributed by atoms with Crippen molar-refractivity contribution in [1.29, 1.82) is 0 Å². The van der Waals surface area contributed by atoms with Crippen LogP contribution in [0.5, 0.6) is 0 Å². The first-order valence-electron chi connectivity index (χ1n) is 6.33. The molecular formula is C15H16N2O3S. The van der Waals surface area contributed by atoms with Crippen LogP contribution in [-0.2, 0) is 10.0 Å². The molecule has 0 aliphatic rings. The van der Waals surface area contributed by atoms with Gasteiger partial charge in [-0.3, -0.25) is 9.10 Å². The second-order valence-electron chi connectivity index (χ2n) is 4.41. The number of amides is 1. The zero-order chi connectivity index (χ0) is 15.5. The molecule has 0 aromatic heterocycles. The number of rotatable bonds is 4. The van der Waals surface area contributed by atoms with Gasteiger partial charge in [0, 0.05) is 19.7 Å². The molecule has 6 heteroatoms. The number of sulfonamides is 1. The standard InChI is InChI=1S/C15H16N2O3S/c1-16-15(18)12-8-10-13(11-9-12)17(2)21(19,20)14-6-4-3-5-7-14/h3-11H,1-2H3,(H,16,18). The highest BCUT2D eigenvalue weighted by atomic mass is 32.2. The van der Waals surface area contributed by atoms with E-state index in [1.807, 2.05) is 0 Å². The molecule has 0 fully saturated rings. The van der Waals surface area contributed by atoms with Gasteiger partial charge in [0.25, 0.3) is 15.9 Å². The number of benzene rings is 2. The number of nitrogens with one attached hydrogen (secondary N) is 1. The normalized spacial score (nSPS) is 11.0. The predicted molar refractivity (Wildman–Crippen MR) is 81.9 cm³/mol. The SMILES string of the molecule is CNC(=O)c1ccc(N(C)S(=O)(=O)c2ccccc2)cc1. The Bertz CT molecular complexity index is 725. The molecule has 0 radical (unpaired) electrons. The van der Waals surface area contributed by atoms with Gasteiger partial charge in [0.1, 0.15) is 0 Å². The maximum Gasteiger partial charge on any atom is 0.264 e. The van der Waals surface area contributed by atoms with E-state index >= 15 is 0 Å². The van der Waals surface area contributed by atoms with E-state index in [0.29, 0.717) is 11.3 Å². The molecule has 0 saturated heterocycles. The van der Waals surface area contributed by atoms with Gasteiger partial charge in [-0.05, 0) is 36.4 Å². The lowest BCUT2D eigenvalue weighted by Crippen LogP contribution is -2.26. The van der Waals surface area contributed by atoms with Crippen LogP contribution in [0.15, 0.2) is 59.5 Å². The molecule has 0 unspecified atom stereocenters. The number of hydrogen-bond acceptors (Lipinski definition) is 3. The van der Waals surface area contributed by atoms with Crippen LogP contribution in [0.3, 0.4) is 0 Å². The Labute approximate surface area is 124 Å². The first-order chi connectivity index (χ1) is 9.96. The Balaban J connectivity index is 2.32. The monoisotopic (exact) mass is 304 g/mol. The average Bonchev–Trinajstić information content (AvgIpc) is 2.54. The summed E-state index contributed by atoms with van der Waals surface area (Å²) < 4.78 is 26.1. The number of carbonyl (C=O) groups is 1. The van der Waals surface area contributed by atoms with Crippen LogP contribution in [0.25, 0.3) is 0 Å². The molecule has 0 spiro atoms. The van der Waals surface area contributed by atoms with Crippen molar-refractivity contribution in [3.8, 4) is 0 Å². The lowest BCUT2D eigenvalue weighted by atomic mass is 10.2. The molecule has 0 aliphatic carbocycles. The summed E-state index contributed by atoms with van der Waals surface area (Å²) in [6, 6.07) is 14.6. The van der Waals surface area contributed by atoms with Crippen LogP contribution >= 0.6 is 0 Å². The quantitative estimate of drug-likeness (QED) is 0.937. The van der Waals surface area contributed by atoms with Gasteiger partial charge in [0.05, 0.1) is 10.6 Å². The zero-order valence-corrected chi connectivity index (χ0v) is 12.6. The van der Waals surface area contributed by atoms with E-state index in [1.54, 1.807) is 61.6 Å². The molecule has 0 heterocycles. The first kappa shape index (κ1) is 15.1. The Morgan fingerprint density at radius 3 is 2.10 bits per heavy atom. The molecule has 2 rings (SSSR count). The van der Waals surface area contributed by atoms with Crippen LogP contribution in [0.4, 0.5) is 5.69 Å². The number of hydrogen-bond donors (Lipinski definition) is 1. The summed E-state index contributed by atoms with van der Waals surface area (Å²) >= 11 is 0. The fourth-order valence-corrected chi connectivity index (χ4v) is 3.07. The molecule has 1 amide bonds. The summed E-state index contributed by atoms with van der Waals surface area (Å²) in [4.78, 5) is 11.7. The largest absolute Gasteiger partial charge is 0.355 e. The summed E-state index contributed by atoms with van der Waals surface area (Å²) in [7, 11) is -0.571. The minimum absolute atomic E-state index is 0.213. The Morgan fingerprint density at radius 1 is 1.00 bits per heavy atom. The Hall–Kier alpha value is -2.34. The molecule has 1 N–H and O–H groups in total. The van der Waals surface area contributed by atoms with Crippen molar-refractivity contribution in [1.82, 2.24) is 5.32 Å². The zero-order valence-electron chi connectivity index (χ0n) is 11.8. The third-order valence-corrected chi connectivity index (χ3v) is 4.92. The van der Waals surface area contributed by atoms with Crippen molar-refractivity contribution in [2.75, 3.05) is 18.4 Å². The van der Waals surface area contributed by atoms with Crippen molar-refractivity contribution in [3.05, 3.63) is 60.2 Å². The summed E-state index contributed by atoms with van der Waals surface area (Å²) in [5.74, 6) is -0.213. The molecule has 2 aromatic rings. The van der Waals surface area contributed by atoms with Crippen molar-refractivity contribution in [2.45, 2.75) is 4.90 Å². The molecule has 2 aromatic carbocycles. The second-order valence-corrected chi connectivity index (χ2v) is 6.38. The van der Waals surface area contributed by atoms with E-state index in [2.05, 4.69) is 5.32 Å². The fraction of sp³-hybridized carbons (Fsp3) is 0.133. The van der Waals surface area contributed by atoms with Crippen molar-refractivity contribution < 1.29 is 13.2 Å². The van der Waals surface area contributed by atoms with E-state index in [-0.39, 0.29) is 10.8 Å². The number of anilines is 1. The van der Waals surface area contributed by atoms with Crippen molar-refractivity contribution >= 4 is 21.6 Å². The molecule has 110 valence electrons. The van der Waals surface area contributed by atoms with Crippen LogP contribution in [0, 0.1) is 0 Å². The van der Waals surface area contributed by atoms with E-state index < -0.39 is 10.0 Å². The van der Waals surface area contributed by atoms with Crippen LogP contribution in [0.1, 0.15) is 10.4 Å². The average molecular weight is 304 g/mol. The first-order valence-corrected chi connectivity index (χ1v) is 7.77. The van der Waals surface area contributed by atoms with Gasteiger partial charge in [0.2, 0.25) is 0 Å². The molecule has 21 heavy (non-hydrogen) atoms. The van der Waals surface area contributed by atoms with E-state index in [4.69, 9.17) is 0 Å². The fourth-order valence-electron chi connectivity index (χ4n) is 1.86. The molecule has 0 aliphatic heterocycles. The van der Waals surface area contributed by atoms with E-state index in [9.17, 15) is 13.2 Å². The van der Waals surface area contributed by atoms with Gasteiger partial charge in [-0.2, -0.15) is 0 Å². The molecule has 0 bridgehead atoms. The maximum atomic E-state index is 12.5. The molecule has 0 atom stereocenters. The van der Waals surface area contributed by atoms with Crippen LogP contribution in [-0.4, -0.2) is 28.4 Å². The van der Waals surface area contributed by atoms with E-state index in [1.165, 1.54) is 11.4 Å². The lowest BCUT2D eigenvalue weighted by Gasteiger charge is -2.19. The topological polar surface area (TPSA) is 66.5 Å². The Morgan fingerprint density at radius 2 is 1.57 bits per heavy atom. The highest BCUT2D eigenvalue weighted by Gasteiger charge is 2.20. The second kappa shape index (κ2) is 5.97. The van der Waals surface area contributed by atoms with Gasteiger partial charge in [-0.25, -0.2) is 8.42 Å². The lowest BCUT2D eigenvalue weighted by molar-refractivity contribution is 0.0963. The van der Waals surface area contributed by atoms with E-state index in [0.717, 1.165) is 0 Å². The number of nitrogens with zero attached hydrogens (tertiary/aromatic N) is 1. The third kappa shape index (κ3) is 3.05. The summed E-state index contributed by atoms with van der Waals surface area (Å²) in [6.45, 7) is 0. The van der Waals surface area contributed by atoms with Crippen LogP contribution in [0.2, 0.25) is 0 Å². The van der Waals surface area contributed by atoms with Crippen molar-refractivity contribution in [2.24, 2.45) is 0 Å². The van der Waals surface area contributed by atoms with Gasteiger partial charge in [-0.15, -0.1) is 0 Å². The minimum atomic E-state index is -3.60. The predicted octanol–water partition coefficient (Wildman–Crippen LogP) is 1.87. The Kier molecular flexibility index (Phi) is 4.28. The minimum Gasteiger partial charge on any atom is -0.355 e. The third-order valence-electron chi connectivity index (χ3n) is 3.12. The van der Waals surface area contributed by atoms with Crippen molar-refractivity contribution in [3.63, 3.8) is 0 Å². The van der Waals surface area contributed by atoms with Crippen LogP contribution < -0.4 is 9.62 Å².